The van der Waals surface area contributed by atoms with E-state index in [1.165, 1.54) is 4.57 Å². The Balaban J connectivity index is 2.40. The van der Waals surface area contributed by atoms with Crippen LogP contribution in [0.4, 0.5) is 11.5 Å². The van der Waals surface area contributed by atoms with Crippen molar-refractivity contribution in [1.82, 2.24) is 14.5 Å². The fourth-order valence-electron chi connectivity index (χ4n) is 1.96. The van der Waals surface area contributed by atoms with Crippen molar-refractivity contribution in [3.05, 3.63) is 50.9 Å². The SMILES string of the molecule is CCn1c(N)c(NC(C)c2ccccn2)c(=O)[nH]c1=O. The summed E-state index contributed by atoms with van der Waals surface area (Å²) in [5, 5.41) is 3.01. The van der Waals surface area contributed by atoms with Gasteiger partial charge in [-0.3, -0.25) is 19.3 Å². The third-order valence-electron chi connectivity index (χ3n) is 3.05. The lowest BCUT2D eigenvalue weighted by atomic mass is 10.2. The monoisotopic (exact) mass is 275 g/mol. The van der Waals surface area contributed by atoms with E-state index in [-0.39, 0.29) is 17.5 Å². The third kappa shape index (κ3) is 2.56. The van der Waals surface area contributed by atoms with Crippen LogP contribution in [0.1, 0.15) is 25.6 Å². The molecule has 0 fully saturated rings. The maximum Gasteiger partial charge on any atom is 0.330 e. The molecule has 1 atom stereocenters. The molecule has 2 rings (SSSR count). The molecule has 4 N–H and O–H groups in total. The van der Waals surface area contributed by atoms with E-state index in [0.717, 1.165) is 5.69 Å². The molecule has 2 aromatic heterocycles. The summed E-state index contributed by atoms with van der Waals surface area (Å²) in [6, 6.07) is 5.32. The Morgan fingerprint density at radius 2 is 2.20 bits per heavy atom. The van der Waals surface area contributed by atoms with Crippen molar-refractivity contribution in [2.45, 2.75) is 26.4 Å². The predicted molar refractivity (Wildman–Crippen MR) is 77.7 cm³/mol. The van der Waals surface area contributed by atoms with Crippen LogP contribution in [-0.2, 0) is 6.54 Å². The highest BCUT2D eigenvalue weighted by atomic mass is 16.2. The number of aromatic amines is 1. The molecule has 0 spiro atoms. The molecule has 0 bridgehead atoms. The second-order valence-electron chi connectivity index (χ2n) is 4.38. The molecule has 20 heavy (non-hydrogen) atoms. The Hall–Kier alpha value is -2.57. The molecule has 0 radical (unpaired) electrons. The standard InChI is InChI=1S/C13H17N5O2/c1-3-18-11(14)10(12(19)17-13(18)20)16-8(2)9-6-4-5-7-15-9/h4-8,16H,3,14H2,1-2H3,(H,17,19,20). The predicted octanol–water partition coefficient (Wildman–Crippen LogP) is 0.707. The minimum Gasteiger partial charge on any atom is -0.383 e. The van der Waals surface area contributed by atoms with Crippen molar-refractivity contribution < 1.29 is 0 Å². The average Bonchev–Trinajstić information content (AvgIpc) is 2.44. The molecule has 0 saturated carbocycles. The van der Waals surface area contributed by atoms with Crippen molar-refractivity contribution in [2.75, 3.05) is 11.1 Å². The van der Waals surface area contributed by atoms with Crippen LogP contribution in [-0.4, -0.2) is 14.5 Å². The van der Waals surface area contributed by atoms with Crippen LogP contribution in [0.2, 0.25) is 0 Å². The second kappa shape index (κ2) is 5.60. The van der Waals surface area contributed by atoms with E-state index < -0.39 is 11.2 Å². The number of rotatable bonds is 4. The fourth-order valence-corrected chi connectivity index (χ4v) is 1.96. The lowest BCUT2D eigenvalue weighted by Gasteiger charge is -2.17. The largest absolute Gasteiger partial charge is 0.383 e. The van der Waals surface area contributed by atoms with Crippen LogP contribution in [0, 0.1) is 0 Å². The highest BCUT2D eigenvalue weighted by Crippen LogP contribution is 2.18. The van der Waals surface area contributed by atoms with Crippen molar-refractivity contribution in [2.24, 2.45) is 0 Å². The van der Waals surface area contributed by atoms with Gasteiger partial charge in [-0.2, -0.15) is 0 Å². The average molecular weight is 275 g/mol. The number of hydrogen-bond acceptors (Lipinski definition) is 5. The Kier molecular flexibility index (Phi) is 3.88. The number of anilines is 2. The lowest BCUT2D eigenvalue weighted by Crippen LogP contribution is -2.34. The quantitative estimate of drug-likeness (QED) is 0.762. The fraction of sp³-hybridized carbons (Fsp3) is 0.308. The number of nitrogens with zero attached hydrogens (tertiary/aromatic N) is 2. The summed E-state index contributed by atoms with van der Waals surface area (Å²) in [6.45, 7) is 4.03. The molecule has 0 saturated heterocycles. The summed E-state index contributed by atoms with van der Waals surface area (Å²) in [5.74, 6) is 0.129. The maximum atomic E-state index is 11.9. The van der Waals surface area contributed by atoms with Crippen LogP contribution in [0.25, 0.3) is 0 Å². The van der Waals surface area contributed by atoms with Gasteiger partial charge in [0.05, 0.1) is 11.7 Å². The highest BCUT2D eigenvalue weighted by Gasteiger charge is 2.14. The number of nitrogens with two attached hydrogens (primary N) is 1. The van der Waals surface area contributed by atoms with Gasteiger partial charge in [0, 0.05) is 12.7 Å². The molecule has 2 heterocycles. The molecule has 0 aliphatic heterocycles. The van der Waals surface area contributed by atoms with Gasteiger partial charge in [-0.05, 0) is 26.0 Å². The van der Waals surface area contributed by atoms with Crippen molar-refractivity contribution in [1.29, 1.82) is 0 Å². The first-order valence-electron chi connectivity index (χ1n) is 6.34. The minimum atomic E-state index is -0.528. The zero-order chi connectivity index (χ0) is 14.7. The van der Waals surface area contributed by atoms with E-state index in [1.807, 2.05) is 25.1 Å². The van der Waals surface area contributed by atoms with Gasteiger partial charge in [-0.15, -0.1) is 0 Å². The molecular formula is C13H17N5O2. The van der Waals surface area contributed by atoms with E-state index in [4.69, 9.17) is 5.73 Å². The third-order valence-corrected chi connectivity index (χ3v) is 3.05. The molecule has 0 aromatic carbocycles. The number of hydrogen-bond donors (Lipinski definition) is 3. The number of nitrogen functional groups attached to an aromatic ring is 1. The summed E-state index contributed by atoms with van der Waals surface area (Å²) in [5.41, 5.74) is 5.81. The van der Waals surface area contributed by atoms with Crippen molar-refractivity contribution in [3.63, 3.8) is 0 Å². The first kappa shape index (κ1) is 13.9. The van der Waals surface area contributed by atoms with Crippen LogP contribution in [0.15, 0.2) is 34.0 Å². The van der Waals surface area contributed by atoms with Crippen LogP contribution >= 0.6 is 0 Å². The smallest absolute Gasteiger partial charge is 0.330 e. The highest BCUT2D eigenvalue weighted by molar-refractivity contribution is 5.61. The van der Waals surface area contributed by atoms with Crippen LogP contribution < -0.4 is 22.3 Å². The summed E-state index contributed by atoms with van der Waals surface area (Å²) in [6.07, 6.45) is 1.67. The number of pyridine rings is 1. The van der Waals surface area contributed by atoms with Crippen molar-refractivity contribution >= 4 is 11.5 Å². The van der Waals surface area contributed by atoms with E-state index in [2.05, 4.69) is 15.3 Å². The Morgan fingerprint density at radius 3 is 2.80 bits per heavy atom. The lowest BCUT2D eigenvalue weighted by molar-refractivity contribution is 0.702. The molecule has 7 nitrogen and oxygen atoms in total. The summed E-state index contributed by atoms with van der Waals surface area (Å²) < 4.78 is 1.30. The van der Waals surface area contributed by atoms with Gasteiger partial charge in [0.2, 0.25) is 0 Å². The van der Waals surface area contributed by atoms with E-state index >= 15 is 0 Å². The molecule has 0 aliphatic rings. The van der Waals surface area contributed by atoms with E-state index in [9.17, 15) is 9.59 Å². The zero-order valence-corrected chi connectivity index (χ0v) is 11.4. The van der Waals surface area contributed by atoms with Gasteiger partial charge >= 0.3 is 5.69 Å². The molecular weight excluding hydrogens is 258 g/mol. The normalized spacial score (nSPS) is 12.1. The summed E-state index contributed by atoms with van der Waals surface area (Å²) in [4.78, 5) is 29.9. The second-order valence-corrected chi connectivity index (χ2v) is 4.38. The zero-order valence-electron chi connectivity index (χ0n) is 11.4. The molecule has 0 aliphatic carbocycles. The maximum absolute atomic E-state index is 11.9. The first-order chi connectivity index (χ1) is 9.54. The number of nitrogens with one attached hydrogen (secondary N) is 2. The van der Waals surface area contributed by atoms with Crippen LogP contribution in [0.3, 0.4) is 0 Å². The van der Waals surface area contributed by atoms with Gasteiger partial charge in [-0.25, -0.2) is 4.79 Å². The van der Waals surface area contributed by atoms with Crippen molar-refractivity contribution in [3.8, 4) is 0 Å². The van der Waals surface area contributed by atoms with Crippen LogP contribution in [0.5, 0.6) is 0 Å². The Labute approximate surface area is 115 Å². The number of H-pyrrole nitrogens is 1. The molecule has 1 unspecified atom stereocenters. The topological polar surface area (TPSA) is 106 Å². The van der Waals surface area contributed by atoms with Gasteiger partial charge in [0.15, 0.2) is 0 Å². The first-order valence-corrected chi connectivity index (χ1v) is 6.34. The molecule has 106 valence electrons. The van der Waals surface area contributed by atoms with E-state index in [1.54, 1.807) is 13.1 Å². The minimum absolute atomic E-state index is 0.129. The van der Waals surface area contributed by atoms with Gasteiger partial charge in [-0.1, -0.05) is 6.07 Å². The van der Waals surface area contributed by atoms with Gasteiger partial charge in [0.1, 0.15) is 11.5 Å². The Morgan fingerprint density at radius 1 is 1.45 bits per heavy atom. The van der Waals surface area contributed by atoms with Gasteiger partial charge < -0.3 is 11.1 Å². The molecule has 7 heteroatoms. The summed E-state index contributed by atoms with van der Waals surface area (Å²) >= 11 is 0. The summed E-state index contributed by atoms with van der Waals surface area (Å²) in [7, 11) is 0. The van der Waals surface area contributed by atoms with E-state index in [0.29, 0.717) is 6.54 Å². The van der Waals surface area contributed by atoms with Gasteiger partial charge in [0.25, 0.3) is 5.56 Å². The number of aromatic nitrogens is 3. The Bertz CT molecular complexity index is 705. The molecule has 2 aromatic rings. The molecule has 0 amide bonds.